The molecular formula is C36H43N5O10. The van der Waals surface area contributed by atoms with Crippen LogP contribution in [0.3, 0.4) is 0 Å². The molecule has 1 saturated heterocycles. The van der Waals surface area contributed by atoms with Gasteiger partial charge in [-0.3, -0.25) is 19.2 Å². The number of carboxylic acids is 2. The van der Waals surface area contributed by atoms with Gasteiger partial charge in [-0.2, -0.15) is 0 Å². The number of nitrogens with one attached hydrogen (secondary N) is 1. The molecule has 4 aliphatic rings. The molecular weight excluding hydrogens is 662 g/mol. The van der Waals surface area contributed by atoms with Gasteiger partial charge in [-0.05, 0) is 68.3 Å². The molecule has 15 nitrogen and oxygen atoms in total. The van der Waals surface area contributed by atoms with Crippen molar-refractivity contribution >= 4 is 23.9 Å². The molecule has 2 aromatic carbocycles. The lowest BCUT2D eigenvalue weighted by atomic mass is 9.53. The molecule has 3 heterocycles. The lowest BCUT2D eigenvalue weighted by molar-refractivity contribution is -0.152. The number of carbonyl (C=O) groups is 4. The Hall–Kier alpha value is -5.25. The molecule has 1 unspecified atom stereocenters. The number of hydrogen-bond donors (Lipinski definition) is 6. The van der Waals surface area contributed by atoms with Gasteiger partial charge in [0.1, 0.15) is 23.9 Å². The summed E-state index contributed by atoms with van der Waals surface area (Å²) >= 11 is 0. The molecule has 0 amide bonds. The second kappa shape index (κ2) is 15.3. The number of ether oxygens (including phenoxy) is 3. The Labute approximate surface area is 294 Å². The van der Waals surface area contributed by atoms with Crippen molar-refractivity contribution in [2.24, 2.45) is 17.4 Å². The molecule has 2 aliphatic carbocycles. The number of phenols is 1. The van der Waals surface area contributed by atoms with E-state index in [0.717, 1.165) is 36.2 Å². The number of esters is 2. The minimum atomic E-state index is -1.02. The van der Waals surface area contributed by atoms with Crippen LogP contribution in [0, 0.1) is 5.92 Å². The van der Waals surface area contributed by atoms with Gasteiger partial charge in [0.25, 0.3) is 0 Å². The van der Waals surface area contributed by atoms with Crippen molar-refractivity contribution in [1.29, 1.82) is 0 Å². The Bertz CT molecular complexity index is 1780. The first-order valence-corrected chi connectivity index (χ1v) is 16.5. The molecule has 1 fully saturated rings. The third-order valence-electron chi connectivity index (χ3n) is 9.69. The van der Waals surface area contributed by atoms with Crippen molar-refractivity contribution in [1.82, 2.24) is 14.9 Å². The Morgan fingerprint density at radius 3 is 2.31 bits per heavy atom. The van der Waals surface area contributed by atoms with Crippen molar-refractivity contribution in [2.45, 2.75) is 75.3 Å². The largest absolute Gasteiger partial charge is 0.508 e. The summed E-state index contributed by atoms with van der Waals surface area (Å²) in [4.78, 5) is 52.9. The van der Waals surface area contributed by atoms with Gasteiger partial charge < -0.3 is 50.9 Å². The summed E-state index contributed by atoms with van der Waals surface area (Å²) in [5.41, 5.74) is 14.3. The zero-order valence-corrected chi connectivity index (χ0v) is 28.5. The monoisotopic (exact) mass is 705 g/mol. The topological polar surface area (TPSA) is 241 Å². The highest BCUT2D eigenvalue weighted by atomic mass is 16.6. The van der Waals surface area contributed by atoms with Crippen molar-refractivity contribution in [2.75, 3.05) is 13.6 Å². The van der Waals surface area contributed by atoms with Gasteiger partial charge in [0.05, 0.1) is 6.33 Å². The number of imidazole rings is 1. The van der Waals surface area contributed by atoms with E-state index in [0.29, 0.717) is 17.5 Å². The van der Waals surface area contributed by atoms with Crippen molar-refractivity contribution in [3.8, 4) is 17.2 Å². The third-order valence-corrected chi connectivity index (χ3v) is 9.69. The summed E-state index contributed by atoms with van der Waals surface area (Å²) in [5.74, 6) is -1.15. The second-order valence-electron chi connectivity index (χ2n) is 13.1. The van der Waals surface area contributed by atoms with Crippen LogP contribution in [0.1, 0.15) is 42.7 Å². The van der Waals surface area contributed by atoms with E-state index in [1.165, 1.54) is 37.9 Å². The molecule has 7 atom stereocenters. The first-order valence-electron chi connectivity index (χ1n) is 16.5. The van der Waals surface area contributed by atoms with Crippen LogP contribution in [0.5, 0.6) is 17.2 Å². The van der Waals surface area contributed by atoms with Crippen LogP contribution in [0.15, 0.2) is 61.1 Å². The van der Waals surface area contributed by atoms with E-state index in [4.69, 9.17) is 41.0 Å². The van der Waals surface area contributed by atoms with Gasteiger partial charge >= 0.3 is 23.9 Å². The molecule has 272 valence electrons. The summed E-state index contributed by atoms with van der Waals surface area (Å²) in [6, 6.07) is 8.85. The fraction of sp³-hybridized carbons (Fsp3) is 0.417. The number of phenolic OH excluding ortho intramolecular Hbond substituents is 1. The normalized spacial score (nSPS) is 24.6. The number of nitrogens with zero attached hydrogens (tertiary/aromatic N) is 2. The number of aliphatic carboxylic acids is 2. The Kier molecular flexibility index (Phi) is 11.1. The van der Waals surface area contributed by atoms with Gasteiger partial charge in [-0.25, -0.2) is 4.98 Å². The fourth-order valence-electron chi connectivity index (χ4n) is 7.43. The number of aromatic amines is 1. The number of aromatic nitrogens is 2. The number of hydrogen-bond acceptors (Lipinski definition) is 12. The number of aromatic hydroxyl groups is 1. The molecule has 51 heavy (non-hydrogen) atoms. The predicted octanol–water partition coefficient (Wildman–Crippen LogP) is 1.70. The van der Waals surface area contributed by atoms with Gasteiger partial charge in [-0.15, -0.1) is 0 Å². The Morgan fingerprint density at radius 1 is 1.02 bits per heavy atom. The standard InChI is InChI=1S/C21H23NO5.C9H11NO3.C6H9N3O2/c1-11(23)25-16-6-4-13-10-15-14-5-7-17(26-12(2)24)20-21(14,8-9-22(15)3)18(13)19(16)27-20;10-8(9(12)13)5-6-1-3-7(11)4-2-6;7-5(6(10)11)1-4-2-8-3-9-4/h4-7,14-15,17,20H,8-10H2,1-3H3;1-4,8,11H,5,10H2,(H,12,13);2-3,5H,1,7H2,(H,8,9)(H,10,11)/t14-,15+,17-,20-,21-;;5-/m0.0/s1. The number of likely N-dealkylation sites (tertiary alicyclic amines) is 1. The number of nitrogens with two attached hydrogens (primary N) is 2. The zero-order chi connectivity index (χ0) is 37.0. The molecule has 0 radical (unpaired) electrons. The van der Waals surface area contributed by atoms with Gasteiger partial charge in [0.2, 0.25) is 0 Å². The van der Waals surface area contributed by atoms with E-state index in [9.17, 15) is 19.2 Å². The highest BCUT2D eigenvalue weighted by Gasteiger charge is 2.65. The second-order valence-corrected chi connectivity index (χ2v) is 13.1. The molecule has 3 aromatic rings. The lowest BCUT2D eigenvalue weighted by Crippen LogP contribution is -2.65. The van der Waals surface area contributed by atoms with Gasteiger partial charge in [-0.1, -0.05) is 24.3 Å². The van der Waals surface area contributed by atoms with Crippen molar-refractivity contribution in [3.05, 3.63) is 83.5 Å². The maximum atomic E-state index is 11.7. The Morgan fingerprint density at radius 2 is 1.71 bits per heavy atom. The lowest BCUT2D eigenvalue weighted by Gasteiger charge is -2.56. The smallest absolute Gasteiger partial charge is 0.320 e. The van der Waals surface area contributed by atoms with E-state index in [-0.39, 0.29) is 48.0 Å². The van der Waals surface area contributed by atoms with Crippen LogP contribution in [-0.4, -0.2) is 98.0 Å². The fourth-order valence-corrected chi connectivity index (χ4v) is 7.43. The van der Waals surface area contributed by atoms with E-state index in [1.807, 2.05) is 12.1 Å². The maximum absolute atomic E-state index is 11.7. The number of benzene rings is 2. The summed E-state index contributed by atoms with van der Waals surface area (Å²) < 4.78 is 17.5. The number of H-pyrrole nitrogens is 1. The third kappa shape index (κ3) is 7.90. The SMILES string of the molecule is CC(=O)Oc1ccc2c3c1O[C@H]1[C@@H](OC(C)=O)C=C[C@H]4[C@@H](C2)N(C)CC[C@@]341.NC(Cc1ccc(O)cc1)C(=O)O.N[C@@H](Cc1cnc[nH]1)C(=O)O. The number of carbonyl (C=O) groups excluding carboxylic acids is 2. The molecule has 2 aliphatic heterocycles. The molecule has 8 N–H and O–H groups in total. The van der Waals surface area contributed by atoms with Crippen LogP contribution < -0.4 is 20.9 Å². The number of carboxylic acid groups (broad SMARTS) is 2. The average molecular weight is 706 g/mol. The van der Waals surface area contributed by atoms with Crippen LogP contribution in [0.25, 0.3) is 0 Å². The van der Waals surface area contributed by atoms with E-state index < -0.39 is 30.1 Å². The first kappa shape index (κ1) is 37.0. The zero-order valence-electron chi connectivity index (χ0n) is 28.5. The van der Waals surface area contributed by atoms with E-state index in [1.54, 1.807) is 18.3 Å². The maximum Gasteiger partial charge on any atom is 0.320 e. The Balaban J connectivity index is 0.000000175. The van der Waals surface area contributed by atoms with Gasteiger partial charge in [0, 0.05) is 55.1 Å². The van der Waals surface area contributed by atoms with Crippen molar-refractivity contribution in [3.63, 3.8) is 0 Å². The summed E-state index contributed by atoms with van der Waals surface area (Å²) in [7, 11) is 2.17. The van der Waals surface area contributed by atoms with Crippen molar-refractivity contribution < 1.29 is 48.7 Å². The van der Waals surface area contributed by atoms with Gasteiger partial charge in [0.15, 0.2) is 17.6 Å². The minimum Gasteiger partial charge on any atom is -0.508 e. The highest BCUT2D eigenvalue weighted by Crippen LogP contribution is 2.62. The highest BCUT2D eigenvalue weighted by molar-refractivity contribution is 5.74. The van der Waals surface area contributed by atoms with Crippen LogP contribution in [0.2, 0.25) is 0 Å². The predicted molar refractivity (Wildman–Crippen MR) is 182 cm³/mol. The summed E-state index contributed by atoms with van der Waals surface area (Å²) in [5, 5.41) is 25.9. The number of piperidine rings is 1. The summed E-state index contributed by atoms with van der Waals surface area (Å²) in [6.45, 7) is 3.77. The molecule has 15 heteroatoms. The van der Waals surface area contributed by atoms with Crippen LogP contribution in [0.4, 0.5) is 0 Å². The minimum absolute atomic E-state index is 0.160. The first-order chi connectivity index (χ1) is 24.2. The summed E-state index contributed by atoms with van der Waals surface area (Å²) in [6.07, 6.45) is 8.92. The van der Waals surface area contributed by atoms with E-state index in [2.05, 4.69) is 34.1 Å². The van der Waals surface area contributed by atoms with Crippen LogP contribution in [-0.2, 0) is 48.6 Å². The average Bonchev–Trinajstić information content (AvgIpc) is 3.71. The molecule has 7 rings (SSSR count). The number of rotatable bonds is 8. The molecule has 1 aromatic heterocycles. The van der Waals surface area contributed by atoms with E-state index >= 15 is 0 Å². The quantitative estimate of drug-likeness (QED) is 0.111. The van der Waals surface area contributed by atoms with Crippen LogP contribution >= 0.6 is 0 Å². The molecule has 1 spiro atoms. The number of likely N-dealkylation sites (N-methyl/N-ethyl adjacent to an activating group) is 1. The molecule has 0 saturated carbocycles. The molecule has 2 bridgehead atoms.